The third kappa shape index (κ3) is 1.68. The Kier molecular flexibility index (Phi) is 2.45. The fraction of sp³-hybridized carbons (Fsp3) is 0.500. The summed E-state index contributed by atoms with van der Waals surface area (Å²) in [5.41, 5.74) is 2.81. The first-order chi connectivity index (χ1) is 7.34. The Balaban J connectivity index is 2.06. The second-order valence-corrected chi connectivity index (χ2v) is 5.39. The van der Waals surface area contributed by atoms with Crippen LogP contribution in [0.4, 0.5) is 5.69 Å². The van der Waals surface area contributed by atoms with Crippen LogP contribution in [0.5, 0.6) is 0 Å². The second kappa shape index (κ2) is 3.80. The average molecular weight is 267 g/mol. The van der Waals surface area contributed by atoms with Crippen molar-refractivity contribution < 1.29 is 0 Å². The fourth-order valence-corrected chi connectivity index (χ4v) is 3.17. The SMILES string of the molecule is Brc1ccc2c(c1)[C@H]1CNC[C@@H]1CCN2. The fourth-order valence-electron chi connectivity index (χ4n) is 2.79. The molecule has 1 aromatic carbocycles. The zero-order chi connectivity index (χ0) is 10.3. The van der Waals surface area contributed by atoms with E-state index in [4.69, 9.17) is 0 Å². The summed E-state index contributed by atoms with van der Waals surface area (Å²) in [4.78, 5) is 0. The summed E-state index contributed by atoms with van der Waals surface area (Å²) in [6, 6.07) is 6.59. The summed E-state index contributed by atoms with van der Waals surface area (Å²) in [7, 11) is 0. The zero-order valence-corrected chi connectivity index (χ0v) is 10.2. The van der Waals surface area contributed by atoms with E-state index in [1.54, 1.807) is 0 Å². The topological polar surface area (TPSA) is 24.1 Å². The molecule has 15 heavy (non-hydrogen) atoms. The standard InChI is InChI=1S/C12H15BrN2/c13-9-1-2-12-10(5-9)11-7-14-6-8(11)3-4-15-12/h1-2,5,8,11,14-15H,3-4,6-7H2/t8-,11-/m0/s1. The Morgan fingerprint density at radius 1 is 1.27 bits per heavy atom. The van der Waals surface area contributed by atoms with Crippen LogP contribution < -0.4 is 10.6 Å². The Labute approximate surface area is 98.6 Å². The molecule has 2 heterocycles. The highest BCUT2D eigenvalue weighted by atomic mass is 79.9. The van der Waals surface area contributed by atoms with Crippen LogP contribution in [0.25, 0.3) is 0 Å². The lowest BCUT2D eigenvalue weighted by molar-refractivity contribution is 0.503. The van der Waals surface area contributed by atoms with E-state index in [0.29, 0.717) is 5.92 Å². The number of halogens is 1. The molecule has 0 amide bonds. The van der Waals surface area contributed by atoms with E-state index in [9.17, 15) is 0 Å². The molecule has 0 spiro atoms. The lowest BCUT2D eigenvalue weighted by Crippen LogP contribution is -2.11. The van der Waals surface area contributed by atoms with E-state index in [0.717, 1.165) is 19.0 Å². The van der Waals surface area contributed by atoms with E-state index in [1.165, 1.54) is 28.7 Å². The highest BCUT2D eigenvalue weighted by Crippen LogP contribution is 2.38. The number of rotatable bonds is 0. The molecule has 0 bridgehead atoms. The quantitative estimate of drug-likeness (QED) is 0.755. The molecule has 1 aromatic rings. The first-order valence-corrected chi connectivity index (χ1v) is 6.38. The summed E-state index contributed by atoms with van der Waals surface area (Å²) >= 11 is 3.56. The van der Waals surface area contributed by atoms with E-state index < -0.39 is 0 Å². The van der Waals surface area contributed by atoms with Gasteiger partial charge in [0.05, 0.1) is 0 Å². The molecule has 2 nitrogen and oxygen atoms in total. The highest BCUT2D eigenvalue weighted by molar-refractivity contribution is 9.10. The van der Waals surface area contributed by atoms with Crippen molar-refractivity contribution in [3.63, 3.8) is 0 Å². The lowest BCUT2D eigenvalue weighted by atomic mass is 9.87. The zero-order valence-electron chi connectivity index (χ0n) is 8.59. The monoisotopic (exact) mass is 266 g/mol. The van der Waals surface area contributed by atoms with Gasteiger partial charge in [-0.1, -0.05) is 15.9 Å². The van der Waals surface area contributed by atoms with Gasteiger partial charge in [0.15, 0.2) is 0 Å². The first-order valence-electron chi connectivity index (χ1n) is 5.58. The third-order valence-corrected chi connectivity index (χ3v) is 4.08. The van der Waals surface area contributed by atoms with Crippen molar-refractivity contribution in [1.82, 2.24) is 5.32 Å². The molecule has 0 aliphatic carbocycles. The highest BCUT2D eigenvalue weighted by Gasteiger charge is 2.31. The van der Waals surface area contributed by atoms with Crippen molar-refractivity contribution >= 4 is 21.6 Å². The predicted octanol–water partition coefficient (Wildman–Crippen LogP) is 2.57. The van der Waals surface area contributed by atoms with E-state index in [-0.39, 0.29) is 0 Å². The molecule has 2 atom stereocenters. The third-order valence-electron chi connectivity index (χ3n) is 3.58. The van der Waals surface area contributed by atoms with Crippen molar-refractivity contribution in [3.8, 4) is 0 Å². The van der Waals surface area contributed by atoms with E-state index >= 15 is 0 Å². The van der Waals surface area contributed by atoms with Crippen molar-refractivity contribution in [2.75, 3.05) is 25.0 Å². The molecule has 0 aromatic heterocycles. The molecule has 0 unspecified atom stereocenters. The maximum atomic E-state index is 3.56. The first kappa shape index (κ1) is 9.67. The summed E-state index contributed by atoms with van der Waals surface area (Å²) in [5.74, 6) is 1.51. The van der Waals surface area contributed by atoms with Gasteiger partial charge in [-0.05, 0) is 42.6 Å². The molecule has 2 aliphatic rings. The van der Waals surface area contributed by atoms with Crippen LogP contribution in [0.2, 0.25) is 0 Å². The maximum absolute atomic E-state index is 3.56. The molecule has 80 valence electrons. The van der Waals surface area contributed by atoms with Gasteiger partial charge < -0.3 is 10.6 Å². The minimum Gasteiger partial charge on any atom is -0.385 e. The Bertz CT molecular complexity index is 378. The van der Waals surface area contributed by atoms with E-state index in [2.05, 4.69) is 44.8 Å². The Morgan fingerprint density at radius 3 is 3.13 bits per heavy atom. The van der Waals surface area contributed by atoms with Crippen LogP contribution in [-0.2, 0) is 0 Å². The molecule has 0 radical (unpaired) electrons. The van der Waals surface area contributed by atoms with Crippen molar-refractivity contribution in [2.24, 2.45) is 5.92 Å². The van der Waals surface area contributed by atoms with Gasteiger partial charge >= 0.3 is 0 Å². The average Bonchev–Trinajstić information content (AvgIpc) is 2.62. The Morgan fingerprint density at radius 2 is 2.20 bits per heavy atom. The molecular formula is C12H15BrN2. The number of benzene rings is 1. The Hall–Kier alpha value is -0.540. The minimum atomic E-state index is 0.701. The van der Waals surface area contributed by atoms with Gasteiger partial charge in [0.2, 0.25) is 0 Å². The number of hydrogen-bond acceptors (Lipinski definition) is 2. The van der Waals surface area contributed by atoms with Gasteiger partial charge in [-0.2, -0.15) is 0 Å². The molecular weight excluding hydrogens is 252 g/mol. The van der Waals surface area contributed by atoms with Crippen molar-refractivity contribution in [2.45, 2.75) is 12.3 Å². The summed E-state index contributed by atoms with van der Waals surface area (Å²) in [6.07, 6.45) is 1.28. The number of hydrogen-bond donors (Lipinski definition) is 2. The molecule has 0 saturated carbocycles. The largest absolute Gasteiger partial charge is 0.385 e. The predicted molar refractivity (Wildman–Crippen MR) is 66.3 cm³/mol. The second-order valence-electron chi connectivity index (χ2n) is 4.47. The normalized spacial score (nSPS) is 28.9. The molecule has 2 aliphatic heterocycles. The lowest BCUT2D eigenvalue weighted by Gasteiger charge is -2.16. The van der Waals surface area contributed by atoms with Crippen LogP contribution in [0.3, 0.4) is 0 Å². The van der Waals surface area contributed by atoms with Crippen molar-refractivity contribution in [3.05, 3.63) is 28.2 Å². The van der Waals surface area contributed by atoms with Gasteiger partial charge in [0, 0.05) is 29.2 Å². The number of nitrogens with one attached hydrogen (secondary N) is 2. The summed E-state index contributed by atoms with van der Waals surface area (Å²) in [6.45, 7) is 3.42. The van der Waals surface area contributed by atoms with Crippen LogP contribution >= 0.6 is 15.9 Å². The molecule has 1 fully saturated rings. The smallest absolute Gasteiger partial charge is 0.0376 e. The van der Waals surface area contributed by atoms with Gasteiger partial charge in [-0.15, -0.1) is 0 Å². The number of fused-ring (bicyclic) bond motifs is 3. The summed E-state index contributed by atoms with van der Waals surface area (Å²) < 4.78 is 1.19. The number of anilines is 1. The van der Waals surface area contributed by atoms with Crippen LogP contribution in [0.15, 0.2) is 22.7 Å². The van der Waals surface area contributed by atoms with Crippen LogP contribution in [-0.4, -0.2) is 19.6 Å². The molecule has 1 saturated heterocycles. The molecule has 3 heteroatoms. The molecule has 2 N–H and O–H groups in total. The van der Waals surface area contributed by atoms with Crippen LogP contribution in [0, 0.1) is 5.92 Å². The maximum Gasteiger partial charge on any atom is 0.0376 e. The van der Waals surface area contributed by atoms with E-state index in [1.807, 2.05) is 0 Å². The summed E-state index contributed by atoms with van der Waals surface area (Å²) in [5, 5.41) is 7.04. The van der Waals surface area contributed by atoms with Gasteiger partial charge in [-0.3, -0.25) is 0 Å². The van der Waals surface area contributed by atoms with Gasteiger partial charge in [0.1, 0.15) is 0 Å². The van der Waals surface area contributed by atoms with Crippen LogP contribution in [0.1, 0.15) is 17.9 Å². The van der Waals surface area contributed by atoms with Crippen molar-refractivity contribution in [1.29, 1.82) is 0 Å². The van der Waals surface area contributed by atoms with Gasteiger partial charge in [-0.25, -0.2) is 0 Å². The molecule has 3 rings (SSSR count). The van der Waals surface area contributed by atoms with Gasteiger partial charge in [0.25, 0.3) is 0 Å². The minimum absolute atomic E-state index is 0.701.